The van der Waals surface area contributed by atoms with E-state index in [0.29, 0.717) is 17.4 Å². The van der Waals surface area contributed by atoms with Gasteiger partial charge in [-0.1, -0.05) is 19.9 Å². The Hall–Kier alpha value is -1.13. The van der Waals surface area contributed by atoms with Gasteiger partial charge in [-0.05, 0) is 36.3 Å². The Morgan fingerprint density at radius 3 is 2.57 bits per heavy atom. The van der Waals surface area contributed by atoms with E-state index in [9.17, 15) is 0 Å². The molecule has 2 atom stereocenters. The first kappa shape index (κ1) is 14.8. The number of hydrogen-bond acceptors (Lipinski definition) is 4. The van der Waals surface area contributed by atoms with E-state index in [1.807, 2.05) is 12.3 Å². The Labute approximate surface area is 128 Å². The highest BCUT2D eigenvalue weighted by atomic mass is 15.3. The first-order chi connectivity index (χ1) is 10.1. The number of rotatable bonds is 3. The number of piperazine rings is 1. The monoisotopic (exact) mass is 288 g/mol. The second-order valence-electron chi connectivity index (χ2n) is 7.29. The summed E-state index contributed by atoms with van der Waals surface area (Å²) in [5.74, 6) is 1.78. The van der Waals surface area contributed by atoms with E-state index >= 15 is 0 Å². The number of anilines is 1. The molecule has 1 aromatic heterocycles. The lowest BCUT2D eigenvalue weighted by atomic mass is 9.85. The standard InChI is InChI=1S/C17H28N4/c1-17(2)7-6-14(16(17)18)13-20-9-11-21(12-10-20)15-5-3-4-8-19-15/h3-5,8,14,16H,6-7,9-13,18H2,1-2H3. The van der Waals surface area contributed by atoms with Crippen molar-refractivity contribution in [1.29, 1.82) is 0 Å². The minimum atomic E-state index is 0.320. The Kier molecular flexibility index (Phi) is 4.18. The zero-order valence-electron chi connectivity index (χ0n) is 13.3. The van der Waals surface area contributed by atoms with Crippen LogP contribution in [-0.4, -0.2) is 48.6 Å². The van der Waals surface area contributed by atoms with Gasteiger partial charge in [-0.3, -0.25) is 4.90 Å². The Morgan fingerprint density at radius 2 is 2.00 bits per heavy atom. The maximum Gasteiger partial charge on any atom is 0.128 e. The lowest BCUT2D eigenvalue weighted by Crippen LogP contribution is -2.50. The molecular weight excluding hydrogens is 260 g/mol. The third-order valence-electron chi connectivity index (χ3n) is 5.41. The minimum Gasteiger partial charge on any atom is -0.354 e. The van der Waals surface area contributed by atoms with Crippen molar-refractivity contribution in [3.8, 4) is 0 Å². The molecule has 116 valence electrons. The average Bonchev–Trinajstić information content (AvgIpc) is 2.76. The van der Waals surface area contributed by atoms with Crippen LogP contribution < -0.4 is 10.6 Å². The van der Waals surface area contributed by atoms with E-state index in [2.05, 4.69) is 40.8 Å². The van der Waals surface area contributed by atoms with Crippen LogP contribution in [0.2, 0.25) is 0 Å². The summed E-state index contributed by atoms with van der Waals surface area (Å²) in [6.07, 6.45) is 4.43. The van der Waals surface area contributed by atoms with E-state index in [4.69, 9.17) is 5.73 Å². The van der Waals surface area contributed by atoms with Gasteiger partial charge in [0.15, 0.2) is 0 Å². The number of nitrogens with two attached hydrogens (primary N) is 1. The van der Waals surface area contributed by atoms with Gasteiger partial charge in [-0.2, -0.15) is 0 Å². The van der Waals surface area contributed by atoms with Crippen molar-refractivity contribution in [3.63, 3.8) is 0 Å². The van der Waals surface area contributed by atoms with Crippen LogP contribution in [0.3, 0.4) is 0 Å². The van der Waals surface area contributed by atoms with Crippen molar-refractivity contribution in [3.05, 3.63) is 24.4 Å². The van der Waals surface area contributed by atoms with E-state index in [0.717, 1.165) is 32.0 Å². The molecule has 21 heavy (non-hydrogen) atoms. The van der Waals surface area contributed by atoms with Crippen LogP contribution in [0.25, 0.3) is 0 Å². The molecule has 2 N–H and O–H groups in total. The summed E-state index contributed by atoms with van der Waals surface area (Å²) in [5, 5.41) is 0. The lowest BCUT2D eigenvalue weighted by molar-refractivity contribution is 0.196. The number of aromatic nitrogens is 1. The van der Waals surface area contributed by atoms with E-state index in [1.54, 1.807) is 0 Å². The van der Waals surface area contributed by atoms with Gasteiger partial charge in [0.1, 0.15) is 5.82 Å². The topological polar surface area (TPSA) is 45.4 Å². The molecular formula is C17H28N4. The molecule has 0 spiro atoms. The van der Waals surface area contributed by atoms with E-state index < -0.39 is 0 Å². The van der Waals surface area contributed by atoms with Crippen molar-refractivity contribution >= 4 is 5.82 Å². The molecule has 2 aliphatic rings. The highest BCUT2D eigenvalue weighted by Gasteiger charge is 2.40. The van der Waals surface area contributed by atoms with E-state index in [-0.39, 0.29) is 0 Å². The van der Waals surface area contributed by atoms with Crippen molar-refractivity contribution < 1.29 is 0 Å². The summed E-state index contributed by atoms with van der Waals surface area (Å²) in [7, 11) is 0. The minimum absolute atomic E-state index is 0.320. The third kappa shape index (κ3) is 3.22. The summed E-state index contributed by atoms with van der Waals surface area (Å²) < 4.78 is 0. The summed E-state index contributed by atoms with van der Waals surface area (Å²) in [6.45, 7) is 10.2. The fourth-order valence-electron chi connectivity index (χ4n) is 3.78. The Morgan fingerprint density at radius 1 is 1.24 bits per heavy atom. The SMILES string of the molecule is CC1(C)CCC(CN2CCN(c3ccccn3)CC2)C1N. The molecule has 0 amide bonds. The highest BCUT2D eigenvalue weighted by Crippen LogP contribution is 2.40. The fourth-order valence-corrected chi connectivity index (χ4v) is 3.78. The molecule has 2 unspecified atom stereocenters. The average molecular weight is 288 g/mol. The van der Waals surface area contributed by atoms with Crippen molar-refractivity contribution in [2.75, 3.05) is 37.6 Å². The molecule has 1 aromatic rings. The van der Waals surface area contributed by atoms with Gasteiger partial charge in [0.05, 0.1) is 0 Å². The van der Waals surface area contributed by atoms with Gasteiger partial charge in [-0.15, -0.1) is 0 Å². The van der Waals surface area contributed by atoms with Crippen LogP contribution in [0, 0.1) is 11.3 Å². The van der Waals surface area contributed by atoms with Gasteiger partial charge < -0.3 is 10.6 Å². The van der Waals surface area contributed by atoms with E-state index in [1.165, 1.54) is 19.4 Å². The zero-order valence-corrected chi connectivity index (χ0v) is 13.3. The molecule has 4 nitrogen and oxygen atoms in total. The molecule has 2 heterocycles. The molecule has 3 rings (SSSR count). The molecule has 1 saturated carbocycles. The van der Waals surface area contributed by atoms with Crippen molar-refractivity contribution in [1.82, 2.24) is 9.88 Å². The number of pyridine rings is 1. The van der Waals surface area contributed by atoms with Gasteiger partial charge in [0.25, 0.3) is 0 Å². The maximum atomic E-state index is 6.45. The molecule has 0 bridgehead atoms. The Balaban J connectivity index is 1.51. The van der Waals surface area contributed by atoms with Gasteiger partial charge in [0.2, 0.25) is 0 Å². The third-order valence-corrected chi connectivity index (χ3v) is 5.41. The zero-order chi connectivity index (χ0) is 14.9. The second kappa shape index (κ2) is 5.93. The summed E-state index contributed by atoms with van der Waals surface area (Å²) in [4.78, 5) is 9.42. The molecule has 0 aromatic carbocycles. The van der Waals surface area contributed by atoms with Gasteiger partial charge in [0, 0.05) is 45.0 Å². The molecule has 1 saturated heterocycles. The van der Waals surface area contributed by atoms with Crippen LogP contribution in [-0.2, 0) is 0 Å². The van der Waals surface area contributed by atoms with Crippen LogP contribution in [0.1, 0.15) is 26.7 Å². The number of hydrogen-bond donors (Lipinski definition) is 1. The van der Waals surface area contributed by atoms with Crippen LogP contribution in [0.5, 0.6) is 0 Å². The quantitative estimate of drug-likeness (QED) is 0.923. The van der Waals surface area contributed by atoms with Crippen LogP contribution in [0.4, 0.5) is 5.82 Å². The fraction of sp³-hybridized carbons (Fsp3) is 0.706. The number of nitrogens with zero attached hydrogens (tertiary/aromatic N) is 3. The summed E-state index contributed by atoms with van der Waals surface area (Å²) in [6, 6.07) is 6.49. The second-order valence-corrected chi connectivity index (χ2v) is 7.29. The maximum absolute atomic E-state index is 6.45. The van der Waals surface area contributed by atoms with Gasteiger partial charge in [-0.25, -0.2) is 4.98 Å². The van der Waals surface area contributed by atoms with Crippen molar-refractivity contribution in [2.45, 2.75) is 32.7 Å². The molecule has 4 heteroatoms. The smallest absolute Gasteiger partial charge is 0.128 e. The predicted octanol–water partition coefficient (Wildman–Crippen LogP) is 1.97. The molecule has 1 aliphatic carbocycles. The first-order valence-electron chi connectivity index (χ1n) is 8.20. The largest absolute Gasteiger partial charge is 0.354 e. The Bertz CT molecular complexity index is 451. The first-order valence-corrected chi connectivity index (χ1v) is 8.20. The molecule has 2 fully saturated rings. The summed E-state index contributed by atoms with van der Waals surface area (Å²) in [5.41, 5.74) is 6.77. The predicted molar refractivity (Wildman–Crippen MR) is 87.4 cm³/mol. The molecule has 1 aliphatic heterocycles. The lowest BCUT2D eigenvalue weighted by Gasteiger charge is -2.37. The van der Waals surface area contributed by atoms with Gasteiger partial charge >= 0.3 is 0 Å². The van der Waals surface area contributed by atoms with Crippen molar-refractivity contribution in [2.24, 2.45) is 17.1 Å². The van der Waals surface area contributed by atoms with Crippen LogP contribution >= 0.6 is 0 Å². The summed E-state index contributed by atoms with van der Waals surface area (Å²) >= 11 is 0. The normalized spacial score (nSPS) is 29.8. The van der Waals surface area contributed by atoms with Crippen LogP contribution in [0.15, 0.2) is 24.4 Å². The molecule has 0 radical (unpaired) electrons. The highest BCUT2D eigenvalue weighted by molar-refractivity contribution is 5.38.